The maximum atomic E-state index is 9.35. The summed E-state index contributed by atoms with van der Waals surface area (Å²) in [4.78, 5) is 13.5. The number of aromatic nitrogens is 4. The molecule has 12 heteroatoms. The number of rotatable bonds is 9. The molecule has 6 nitrogen and oxygen atoms in total. The molecule has 2 unspecified atom stereocenters. The first-order chi connectivity index (χ1) is 21.8. The minimum absolute atomic E-state index is 0.271. The third kappa shape index (κ3) is 10.2. The van der Waals surface area contributed by atoms with Crippen LogP contribution in [0.1, 0.15) is 48.5 Å². The lowest BCUT2D eigenvalue weighted by Gasteiger charge is -2.14. The van der Waals surface area contributed by atoms with Crippen molar-refractivity contribution in [2.75, 3.05) is 7.11 Å². The van der Waals surface area contributed by atoms with Crippen molar-refractivity contribution in [1.29, 1.82) is 0 Å². The molecule has 0 amide bonds. The van der Waals surface area contributed by atoms with Gasteiger partial charge in [0.05, 0.1) is 31.8 Å². The fourth-order valence-electron chi connectivity index (χ4n) is 4.78. The van der Waals surface area contributed by atoms with Crippen LogP contribution in [0.15, 0.2) is 110 Å². The number of imidazole rings is 2. The van der Waals surface area contributed by atoms with Crippen molar-refractivity contribution < 1.29 is 9.84 Å². The topological polar surface area (TPSA) is 65.1 Å². The third-order valence-corrected chi connectivity index (χ3v) is 9.45. The second-order valence-electron chi connectivity index (χ2n) is 9.79. The lowest BCUT2D eigenvalue weighted by molar-refractivity contribution is 0.415. The summed E-state index contributed by atoms with van der Waals surface area (Å²) in [6, 6.07) is 25.0. The van der Waals surface area contributed by atoms with Crippen molar-refractivity contribution in [2.24, 2.45) is 0 Å². The summed E-state index contributed by atoms with van der Waals surface area (Å²) in [5.74, 6) is 1.19. The molecular formula is C33H34BBr3N4O2S2. The van der Waals surface area contributed by atoms with E-state index in [-0.39, 0.29) is 3.18 Å². The van der Waals surface area contributed by atoms with E-state index in [1.807, 2.05) is 73.0 Å². The summed E-state index contributed by atoms with van der Waals surface area (Å²) in [5.41, 5.74) is 2.37. The Hall–Kier alpha value is -2.64. The van der Waals surface area contributed by atoms with E-state index in [9.17, 15) is 5.11 Å². The molecule has 0 radical (unpaired) electrons. The standard InChI is InChI=1S/C17H18N2OS.C16H16N2OS.BBr3/c1-3-15(19-11-10-18-12-19)17-9-8-16(21-17)13-4-6-14(20-2)7-5-13;1-2-14(18-10-9-17-11-18)16-8-7-15(20-16)12-3-5-13(19)6-4-12;2-1(3)4/h4-12,15H,3H2,1-2H3;3-11,14,19H,2H2,1H3;. The minimum atomic E-state index is 0.271. The highest BCUT2D eigenvalue weighted by atomic mass is 79.9. The SMILES string of the molecule is BrB(Br)Br.CCC(c1ccc(-c2ccc(O)cc2)s1)n1ccnc1.CCC(c1ccc(-c2ccc(OC)cc2)s1)n1ccnc1. The number of methoxy groups -OCH3 is 1. The molecule has 0 saturated carbocycles. The molecule has 0 spiro atoms. The smallest absolute Gasteiger partial charge is 0.369 e. The number of benzene rings is 2. The van der Waals surface area contributed by atoms with Crippen LogP contribution in [0.5, 0.6) is 11.5 Å². The zero-order chi connectivity index (χ0) is 32.2. The van der Waals surface area contributed by atoms with Crippen LogP contribution in [0.3, 0.4) is 0 Å². The van der Waals surface area contributed by atoms with Gasteiger partial charge in [0.15, 0.2) is 0 Å². The third-order valence-electron chi connectivity index (χ3n) is 6.98. The van der Waals surface area contributed by atoms with E-state index >= 15 is 0 Å². The molecule has 6 aromatic rings. The van der Waals surface area contributed by atoms with Gasteiger partial charge in [-0.25, -0.2) is 9.97 Å². The van der Waals surface area contributed by atoms with Crippen LogP contribution < -0.4 is 4.74 Å². The van der Waals surface area contributed by atoms with Gasteiger partial charge in [0.1, 0.15) is 11.5 Å². The van der Waals surface area contributed by atoms with E-state index in [4.69, 9.17) is 4.74 Å². The molecule has 0 aliphatic heterocycles. The van der Waals surface area contributed by atoms with Gasteiger partial charge in [-0.15, -0.1) is 69.9 Å². The van der Waals surface area contributed by atoms with E-state index in [0.29, 0.717) is 17.8 Å². The van der Waals surface area contributed by atoms with Crippen LogP contribution in [0.25, 0.3) is 20.9 Å². The minimum Gasteiger partial charge on any atom is -0.508 e. The number of ether oxygens (including phenoxy) is 1. The van der Waals surface area contributed by atoms with E-state index in [1.165, 1.54) is 25.1 Å². The van der Waals surface area contributed by atoms with E-state index in [2.05, 4.69) is 117 Å². The number of aromatic hydroxyl groups is 1. The Morgan fingerprint density at radius 2 is 1.13 bits per heavy atom. The van der Waals surface area contributed by atoms with Crippen LogP contribution >= 0.6 is 69.9 Å². The first-order valence-corrected chi connectivity index (χ1v) is 18.7. The summed E-state index contributed by atoms with van der Waals surface area (Å²) in [6.45, 7) is 4.39. The Labute approximate surface area is 298 Å². The summed E-state index contributed by atoms with van der Waals surface area (Å²) in [7, 11) is 1.69. The average molecular weight is 833 g/mol. The largest absolute Gasteiger partial charge is 0.508 e. The molecule has 6 rings (SSSR count). The van der Waals surface area contributed by atoms with Crippen molar-refractivity contribution in [2.45, 2.75) is 38.8 Å². The first kappa shape index (κ1) is 35.2. The molecule has 2 atom stereocenters. The number of hydrogen-bond donors (Lipinski definition) is 1. The van der Waals surface area contributed by atoms with Crippen molar-refractivity contribution in [3.8, 4) is 32.4 Å². The Kier molecular flexibility index (Phi) is 14.0. The van der Waals surface area contributed by atoms with Gasteiger partial charge in [-0.1, -0.05) is 13.8 Å². The molecule has 45 heavy (non-hydrogen) atoms. The molecule has 0 saturated heterocycles. The van der Waals surface area contributed by atoms with Gasteiger partial charge < -0.3 is 19.0 Å². The monoisotopic (exact) mass is 830 g/mol. The second kappa shape index (κ2) is 17.9. The summed E-state index contributed by atoms with van der Waals surface area (Å²) in [6.07, 6.45) is 13.5. The van der Waals surface area contributed by atoms with Gasteiger partial charge in [0.25, 0.3) is 0 Å². The maximum absolute atomic E-state index is 9.35. The van der Waals surface area contributed by atoms with Crippen LogP contribution in [0.4, 0.5) is 0 Å². The molecular weight excluding hydrogens is 799 g/mol. The lowest BCUT2D eigenvalue weighted by Crippen LogP contribution is -2.05. The van der Waals surface area contributed by atoms with Gasteiger partial charge >= 0.3 is 3.18 Å². The molecule has 4 heterocycles. The number of phenolic OH excluding ortho intramolecular Hbond substituents is 1. The van der Waals surface area contributed by atoms with Gasteiger partial charge in [0.2, 0.25) is 0 Å². The zero-order valence-corrected chi connectivity index (χ0v) is 31.5. The second-order valence-corrected chi connectivity index (χ2v) is 18.5. The van der Waals surface area contributed by atoms with Gasteiger partial charge in [0, 0.05) is 44.3 Å². The number of nitrogens with zero attached hydrogens (tertiary/aromatic N) is 4. The number of thiophene rings is 2. The fourth-order valence-corrected chi connectivity index (χ4v) is 7.19. The summed E-state index contributed by atoms with van der Waals surface area (Å²) < 4.78 is 9.79. The Morgan fingerprint density at radius 3 is 1.49 bits per heavy atom. The van der Waals surface area contributed by atoms with Crippen LogP contribution in [-0.4, -0.2) is 34.5 Å². The highest BCUT2D eigenvalue weighted by molar-refractivity contribution is 9.69. The molecule has 234 valence electrons. The Bertz CT molecular complexity index is 1670. The average Bonchev–Trinajstić information content (AvgIpc) is 3.88. The van der Waals surface area contributed by atoms with E-state index < -0.39 is 0 Å². The molecule has 4 aromatic heterocycles. The van der Waals surface area contributed by atoms with Crippen molar-refractivity contribution in [1.82, 2.24) is 19.1 Å². The Balaban J connectivity index is 0.000000184. The zero-order valence-electron chi connectivity index (χ0n) is 25.1. The van der Waals surface area contributed by atoms with Gasteiger partial charge in [-0.05, 0) is 96.8 Å². The Morgan fingerprint density at radius 1 is 0.711 bits per heavy atom. The van der Waals surface area contributed by atoms with Crippen LogP contribution in [-0.2, 0) is 0 Å². The molecule has 2 aromatic carbocycles. The summed E-state index contributed by atoms with van der Waals surface area (Å²) in [5, 5.41) is 9.35. The van der Waals surface area contributed by atoms with Crippen LogP contribution in [0, 0.1) is 0 Å². The number of phenols is 1. The number of hydrogen-bond acceptors (Lipinski definition) is 6. The first-order valence-electron chi connectivity index (χ1n) is 14.3. The normalized spacial score (nSPS) is 11.9. The highest BCUT2D eigenvalue weighted by Crippen LogP contribution is 2.36. The predicted octanol–water partition coefficient (Wildman–Crippen LogP) is 11.1. The van der Waals surface area contributed by atoms with Gasteiger partial charge in [-0.2, -0.15) is 0 Å². The van der Waals surface area contributed by atoms with E-state index in [1.54, 1.807) is 30.6 Å². The predicted molar refractivity (Wildman–Crippen MR) is 202 cm³/mol. The summed E-state index contributed by atoms with van der Waals surface area (Å²) >= 11 is 12.9. The molecule has 0 aliphatic carbocycles. The van der Waals surface area contributed by atoms with Crippen molar-refractivity contribution in [3.05, 3.63) is 120 Å². The fraction of sp³-hybridized carbons (Fsp3) is 0.212. The maximum Gasteiger partial charge on any atom is 0.369 e. The number of halogens is 3. The van der Waals surface area contributed by atoms with E-state index in [0.717, 1.165) is 24.2 Å². The molecule has 0 bridgehead atoms. The quantitative estimate of drug-likeness (QED) is 0.147. The molecule has 0 fully saturated rings. The lowest BCUT2D eigenvalue weighted by atomic mass is 10.1. The molecule has 1 N–H and O–H groups in total. The highest BCUT2D eigenvalue weighted by Gasteiger charge is 2.15. The van der Waals surface area contributed by atoms with Gasteiger partial charge in [-0.3, -0.25) is 0 Å². The van der Waals surface area contributed by atoms with Crippen molar-refractivity contribution >= 4 is 73.1 Å². The van der Waals surface area contributed by atoms with Crippen molar-refractivity contribution in [3.63, 3.8) is 0 Å². The molecule has 0 aliphatic rings. The van der Waals surface area contributed by atoms with Crippen LogP contribution in [0.2, 0.25) is 0 Å².